The Kier molecular flexibility index (Phi) is 7.56. The van der Waals surface area contributed by atoms with Crippen LogP contribution >= 0.6 is 23.2 Å². The van der Waals surface area contributed by atoms with E-state index in [9.17, 15) is 13.2 Å². The van der Waals surface area contributed by atoms with Crippen molar-refractivity contribution in [3.05, 3.63) is 88.4 Å². The molecule has 0 spiro atoms. The second-order valence-corrected chi connectivity index (χ2v) is 9.51. The van der Waals surface area contributed by atoms with Crippen LogP contribution in [0.15, 0.2) is 77.7 Å². The highest BCUT2D eigenvalue weighted by Crippen LogP contribution is 2.29. The molecule has 0 aliphatic carbocycles. The number of carbonyl (C=O) groups excluding carboxylic acids is 1. The average Bonchev–Trinajstić information content (AvgIpc) is 2.76. The van der Waals surface area contributed by atoms with Crippen LogP contribution in [-0.2, 0) is 21.4 Å². The van der Waals surface area contributed by atoms with Gasteiger partial charge in [0.2, 0.25) is 10.0 Å². The number of halogens is 2. The molecule has 0 unspecified atom stereocenters. The van der Waals surface area contributed by atoms with Crippen LogP contribution in [0.25, 0.3) is 0 Å². The monoisotopic (exact) mass is 478 g/mol. The van der Waals surface area contributed by atoms with E-state index in [0.29, 0.717) is 21.5 Å². The van der Waals surface area contributed by atoms with E-state index < -0.39 is 15.9 Å². The van der Waals surface area contributed by atoms with E-state index in [1.807, 2.05) is 30.3 Å². The highest BCUT2D eigenvalue weighted by atomic mass is 35.5. The second-order valence-electron chi connectivity index (χ2n) is 6.65. The summed E-state index contributed by atoms with van der Waals surface area (Å²) in [5.41, 5.74) is 1.19. The van der Waals surface area contributed by atoms with Gasteiger partial charge in [-0.15, -0.1) is 0 Å². The zero-order chi connectivity index (χ0) is 22.4. The van der Waals surface area contributed by atoms with Gasteiger partial charge in [-0.2, -0.15) is 4.31 Å². The molecule has 0 bridgehead atoms. The number of nitrogens with one attached hydrogen (secondary N) is 1. The number of carbonyl (C=O) groups is 1. The van der Waals surface area contributed by atoms with E-state index in [2.05, 4.69) is 5.32 Å². The number of para-hydroxylation sites is 1. The lowest BCUT2D eigenvalue weighted by molar-refractivity contribution is -0.118. The maximum atomic E-state index is 12.8. The first kappa shape index (κ1) is 23.1. The second kappa shape index (κ2) is 10.2. The molecule has 0 aliphatic rings. The Morgan fingerprint density at radius 2 is 1.55 bits per heavy atom. The molecule has 0 aromatic heterocycles. The Morgan fingerprint density at radius 3 is 2.16 bits per heavy atom. The predicted octanol–water partition coefficient (Wildman–Crippen LogP) is 4.83. The molecule has 0 heterocycles. The summed E-state index contributed by atoms with van der Waals surface area (Å²) < 4.78 is 32.3. The van der Waals surface area contributed by atoms with E-state index in [0.717, 1.165) is 5.56 Å². The van der Waals surface area contributed by atoms with Crippen LogP contribution < -0.4 is 10.1 Å². The molecule has 3 aromatic carbocycles. The molecule has 0 saturated heterocycles. The molecule has 9 heteroatoms. The largest absolute Gasteiger partial charge is 0.484 e. The zero-order valence-electron chi connectivity index (χ0n) is 16.6. The van der Waals surface area contributed by atoms with Gasteiger partial charge in [0.15, 0.2) is 6.61 Å². The van der Waals surface area contributed by atoms with Crippen molar-refractivity contribution in [2.45, 2.75) is 11.4 Å². The number of anilines is 1. The maximum Gasteiger partial charge on any atom is 0.262 e. The van der Waals surface area contributed by atoms with Gasteiger partial charge in [-0.25, -0.2) is 8.42 Å². The fraction of sp³-hybridized carbons (Fsp3) is 0.136. The van der Waals surface area contributed by atoms with Crippen molar-refractivity contribution in [3.63, 3.8) is 0 Å². The van der Waals surface area contributed by atoms with E-state index in [1.54, 1.807) is 18.2 Å². The molecular weight excluding hydrogens is 459 g/mol. The highest BCUT2D eigenvalue weighted by Gasteiger charge is 2.21. The van der Waals surface area contributed by atoms with E-state index in [4.69, 9.17) is 27.9 Å². The van der Waals surface area contributed by atoms with Crippen molar-refractivity contribution >= 4 is 44.8 Å². The molecule has 0 atom stereocenters. The molecule has 31 heavy (non-hydrogen) atoms. The fourth-order valence-electron chi connectivity index (χ4n) is 2.75. The molecule has 1 N–H and O–H groups in total. The van der Waals surface area contributed by atoms with E-state index >= 15 is 0 Å². The standard InChI is InChI=1S/C22H20Cl2N2O4S/c1-26(14-16-6-3-2-4-7-16)31(28,29)18-12-10-17(11-13-18)30-15-21(27)25-22-19(23)8-5-9-20(22)24/h2-13H,14-15H2,1H3,(H,25,27). The number of ether oxygens (including phenoxy) is 1. The minimum Gasteiger partial charge on any atom is -0.484 e. The average molecular weight is 479 g/mol. The normalized spacial score (nSPS) is 11.4. The third kappa shape index (κ3) is 5.98. The van der Waals surface area contributed by atoms with Crippen molar-refractivity contribution in [3.8, 4) is 5.75 Å². The van der Waals surface area contributed by atoms with Gasteiger partial charge < -0.3 is 10.1 Å². The lowest BCUT2D eigenvalue weighted by Crippen LogP contribution is -2.26. The molecule has 6 nitrogen and oxygen atoms in total. The smallest absolute Gasteiger partial charge is 0.262 e. The lowest BCUT2D eigenvalue weighted by atomic mass is 10.2. The first-order valence-electron chi connectivity index (χ1n) is 9.24. The quantitative estimate of drug-likeness (QED) is 0.502. The van der Waals surface area contributed by atoms with Crippen LogP contribution in [0.3, 0.4) is 0 Å². The van der Waals surface area contributed by atoms with Crippen LogP contribution in [0.4, 0.5) is 5.69 Å². The Labute approximate surface area is 191 Å². The number of benzene rings is 3. The number of nitrogens with zero attached hydrogens (tertiary/aromatic N) is 1. The summed E-state index contributed by atoms with van der Waals surface area (Å²) in [7, 11) is -2.14. The van der Waals surface area contributed by atoms with Crippen molar-refractivity contribution in [2.75, 3.05) is 19.0 Å². The highest BCUT2D eigenvalue weighted by molar-refractivity contribution is 7.89. The molecule has 162 valence electrons. The van der Waals surface area contributed by atoms with Gasteiger partial charge in [0.1, 0.15) is 5.75 Å². The Morgan fingerprint density at radius 1 is 0.935 bits per heavy atom. The SMILES string of the molecule is CN(Cc1ccccc1)S(=O)(=O)c1ccc(OCC(=O)Nc2c(Cl)cccc2Cl)cc1. The Balaban J connectivity index is 1.60. The maximum absolute atomic E-state index is 12.8. The first-order valence-corrected chi connectivity index (χ1v) is 11.4. The molecule has 0 fully saturated rings. The van der Waals surface area contributed by atoms with Crippen molar-refractivity contribution in [1.29, 1.82) is 0 Å². The van der Waals surface area contributed by atoms with Crippen LogP contribution in [0.2, 0.25) is 10.0 Å². The van der Waals surface area contributed by atoms with E-state index in [-0.39, 0.29) is 18.0 Å². The third-order valence-electron chi connectivity index (χ3n) is 4.38. The van der Waals surface area contributed by atoms with Crippen molar-refractivity contribution in [2.24, 2.45) is 0 Å². The molecular formula is C22H20Cl2N2O4S. The van der Waals surface area contributed by atoms with Crippen molar-refractivity contribution in [1.82, 2.24) is 4.31 Å². The van der Waals surface area contributed by atoms with Gasteiger partial charge in [0.05, 0.1) is 20.6 Å². The fourth-order valence-corrected chi connectivity index (χ4v) is 4.41. The van der Waals surface area contributed by atoms with Crippen molar-refractivity contribution < 1.29 is 17.9 Å². The van der Waals surface area contributed by atoms with E-state index in [1.165, 1.54) is 35.6 Å². The van der Waals surface area contributed by atoms with Gasteiger partial charge in [0, 0.05) is 13.6 Å². The van der Waals surface area contributed by atoms with Crippen LogP contribution in [0.5, 0.6) is 5.75 Å². The molecule has 0 radical (unpaired) electrons. The summed E-state index contributed by atoms with van der Waals surface area (Å²) in [4.78, 5) is 12.3. The summed E-state index contributed by atoms with van der Waals surface area (Å²) in [6, 6.07) is 20.1. The number of hydrogen-bond donors (Lipinski definition) is 1. The topological polar surface area (TPSA) is 75.7 Å². The third-order valence-corrected chi connectivity index (χ3v) is 6.82. The summed E-state index contributed by atoms with van der Waals surface area (Å²) >= 11 is 12.1. The van der Waals surface area contributed by atoms with Gasteiger partial charge >= 0.3 is 0 Å². The summed E-state index contributed by atoms with van der Waals surface area (Å²) in [5.74, 6) is -0.0978. The minimum absolute atomic E-state index is 0.130. The molecule has 0 saturated carbocycles. The summed E-state index contributed by atoms with van der Waals surface area (Å²) in [6.07, 6.45) is 0. The predicted molar refractivity (Wildman–Crippen MR) is 122 cm³/mol. The molecule has 1 amide bonds. The molecule has 3 rings (SSSR count). The van der Waals surface area contributed by atoms with Gasteiger partial charge in [0.25, 0.3) is 5.91 Å². The Hall–Kier alpha value is -2.58. The molecule has 0 aliphatic heterocycles. The number of sulfonamides is 1. The zero-order valence-corrected chi connectivity index (χ0v) is 18.9. The summed E-state index contributed by atoms with van der Waals surface area (Å²) in [6.45, 7) is -0.0340. The van der Waals surface area contributed by atoms with Crippen LogP contribution in [0, 0.1) is 0 Å². The lowest BCUT2D eigenvalue weighted by Gasteiger charge is -2.17. The van der Waals surface area contributed by atoms with Gasteiger partial charge in [-0.05, 0) is 42.0 Å². The van der Waals surface area contributed by atoms with Gasteiger partial charge in [-0.1, -0.05) is 59.6 Å². The number of hydrogen-bond acceptors (Lipinski definition) is 4. The number of amides is 1. The Bertz CT molecular complexity index is 1130. The minimum atomic E-state index is -3.67. The number of rotatable bonds is 8. The first-order chi connectivity index (χ1) is 14.8. The molecule has 3 aromatic rings. The van der Waals surface area contributed by atoms with Gasteiger partial charge in [-0.3, -0.25) is 4.79 Å². The summed E-state index contributed by atoms with van der Waals surface area (Å²) in [5, 5.41) is 3.22. The van der Waals surface area contributed by atoms with Crippen LogP contribution in [-0.4, -0.2) is 32.3 Å². The van der Waals surface area contributed by atoms with Crippen LogP contribution in [0.1, 0.15) is 5.56 Å².